The van der Waals surface area contributed by atoms with Crippen molar-refractivity contribution in [3.63, 3.8) is 0 Å². The summed E-state index contributed by atoms with van der Waals surface area (Å²) < 4.78 is 0. The van der Waals surface area contributed by atoms with Crippen LogP contribution in [0.4, 0.5) is 0 Å². The van der Waals surface area contributed by atoms with E-state index >= 15 is 0 Å². The molecule has 5 heteroatoms. The molecule has 1 saturated carbocycles. The molecule has 88 valence electrons. The average Bonchev–Trinajstić information content (AvgIpc) is 2.96. The van der Waals surface area contributed by atoms with Crippen LogP contribution in [0.1, 0.15) is 32.6 Å². The maximum Gasteiger partial charge on any atom is 0.140 e. The third-order valence-corrected chi connectivity index (χ3v) is 3.07. The maximum atomic E-state index is 8.89. The number of oxime groups is 1. The Morgan fingerprint density at radius 1 is 1.60 bits per heavy atom. The van der Waals surface area contributed by atoms with Crippen LogP contribution in [0.25, 0.3) is 0 Å². The summed E-state index contributed by atoms with van der Waals surface area (Å²) >= 11 is 0. The number of hydrogen-bond acceptors (Lipinski definition) is 4. The van der Waals surface area contributed by atoms with Gasteiger partial charge in [-0.25, -0.2) is 0 Å². The molecule has 1 rings (SSSR count). The molecule has 1 fully saturated rings. The quantitative estimate of drug-likeness (QED) is 0.212. The zero-order valence-electron chi connectivity index (χ0n) is 9.24. The van der Waals surface area contributed by atoms with E-state index in [1.54, 1.807) is 0 Å². The summed E-state index contributed by atoms with van der Waals surface area (Å²) in [7, 11) is 0. The van der Waals surface area contributed by atoms with Crippen molar-refractivity contribution < 1.29 is 10.3 Å². The van der Waals surface area contributed by atoms with Gasteiger partial charge in [0.25, 0.3) is 0 Å². The van der Waals surface area contributed by atoms with Gasteiger partial charge in [0.2, 0.25) is 0 Å². The van der Waals surface area contributed by atoms with Gasteiger partial charge >= 0.3 is 0 Å². The lowest BCUT2D eigenvalue weighted by molar-refractivity contribution is 0.243. The van der Waals surface area contributed by atoms with Gasteiger partial charge in [0.15, 0.2) is 0 Å². The van der Waals surface area contributed by atoms with Crippen LogP contribution < -0.4 is 11.1 Å². The van der Waals surface area contributed by atoms with Crippen molar-refractivity contribution >= 4 is 5.84 Å². The van der Waals surface area contributed by atoms with Gasteiger partial charge in [-0.1, -0.05) is 5.16 Å². The van der Waals surface area contributed by atoms with Gasteiger partial charge in [-0.3, -0.25) is 0 Å². The highest BCUT2D eigenvalue weighted by Gasteiger charge is 2.41. The molecule has 0 aromatic heterocycles. The molecule has 0 heterocycles. The number of amidine groups is 1. The van der Waals surface area contributed by atoms with Gasteiger partial charge in [-0.05, 0) is 31.6 Å². The summed E-state index contributed by atoms with van der Waals surface area (Å²) in [5.41, 5.74) is 5.72. The second kappa shape index (κ2) is 5.32. The van der Waals surface area contributed by atoms with Crippen molar-refractivity contribution in [1.29, 1.82) is 0 Å². The van der Waals surface area contributed by atoms with E-state index in [0.29, 0.717) is 11.8 Å². The van der Waals surface area contributed by atoms with E-state index in [0.717, 1.165) is 13.0 Å². The first kappa shape index (κ1) is 12.3. The molecule has 0 amide bonds. The highest BCUT2D eigenvalue weighted by molar-refractivity contribution is 5.80. The number of rotatable bonds is 7. The fourth-order valence-corrected chi connectivity index (χ4v) is 1.75. The number of hydrogen-bond donors (Lipinski definition) is 4. The van der Waals surface area contributed by atoms with E-state index in [9.17, 15) is 0 Å². The Balaban J connectivity index is 2.19. The van der Waals surface area contributed by atoms with Gasteiger partial charge < -0.3 is 21.4 Å². The molecule has 1 aliphatic rings. The maximum absolute atomic E-state index is 8.89. The molecule has 0 radical (unpaired) electrons. The molecule has 5 nitrogen and oxygen atoms in total. The molecular formula is C10H21N3O2. The van der Waals surface area contributed by atoms with Gasteiger partial charge in [0.1, 0.15) is 5.84 Å². The molecule has 0 bridgehead atoms. The third kappa shape index (κ3) is 4.05. The normalized spacial score (nSPS) is 21.3. The summed E-state index contributed by atoms with van der Waals surface area (Å²) in [4.78, 5) is 0. The van der Waals surface area contributed by atoms with Crippen LogP contribution >= 0.6 is 0 Å². The zero-order valence-corrected chi connectivity index (χ0v) is 9.24. The number of nitrogens with zero attached hydrogens (tertiary/aromatic N) is 1. The van der Waals surface area contributed by atoms with Crippen molar-refractivity contribution in [2.75, 3.05) is 13.2 Å². The van der Waals surface area contributed by atoms with E-state index in [4.69, 9.17) is 16.0 Å². The Kier molecular flexibility index (Phi) is 4.35. The molecule has 5 N–H and O–H groups in total. The molecule has 15 heavy (non-hydrogen) atoms. The monoisotopic (exact) mass is 215 g/mol. The number of nitrogens with one attached hydrogen (secondary N) is 1. The molecule has 0 aliphatic heterocycles. The minimum atomic E-state index is 0.206. The highest BCUT2D eigenvalue weighted by atomic mass is 16.4. The Hall–Kier alpha value is -0.810. The van der Waals surface area contributed by atoms with Crippen molar-refractivity contribution in [3.8, 4) is 0 Å². The molecular weight excluding hydrogens is 194 g/mol. The van der Waals surface area contributed by atoms with Crippen molar-refractivity contribution in [1.82, 2.24) is 5.32 Å². The predicted octanol–water partition coefficient (Wildman–Crippen LogP) is 0.264. The minimum Gasteiger partial charge on any atom is -0.409 e. The number of aliphatic hydroxyl groups excluding tert-OH is 1. The van der Waals surface area contributed by atoms with Gasteiger partial charge in [-0.2, -0.15) is 0 Å². The first-order chi connectivity index (χ1) is 7.12. The van der Waals surface area contributed by atoms with Crippen LogP contribution in [-0.2, 0) is 0 Å². The second-order valence-corrected chi connectivity index (χ2v) is 4.55. The predicted molar refractivity (Wildman–Crippen MR) is 58.9 cm³/mol. The zero-order chi connectivity index (χ0) is 11.3. The molecule has 0 spiro atoms. The molecule has 0 aromatic rings. The summed E-state index contributed by atoms with van der Waals surface area (Å²) in [6.07, 6.45) is 3.80. The van der Waals surface area contributed by atoms with Crippen LogP contribution in [0.5, 0.6) is 0 Å². The third-order valence-electron chi connectivity index (χ3n) is 3.07. The lowest BCUT2D eigenvalue weighted by atomic mass is 10.0. The van der Waals surface area contributed by atoms with Crippen LogP contribution in [-0.4, -0.2) is 35.3 Å². The Bertz CT molecular complexity index is 227. The lowest BCUT2D eigenvalue weighted by Crippen LogP contribution is -2.35. The van der Waals surface area contributed by atoms with E-state index in [1.165, 1.54) is 12.8 Å². The van der Waals surface area contributed by atoms with Crippen molar-refractivity contribution in [2.24, 2.45) is 16.3 Å². The molecule has 1 unspecified atom stereocenters. The summed E-state index contributed by atoms with van der Waals surface area (Å²) in [6.45, 7) is 3.18. The van der Waals surface area contributed by atoms with Gasteiger partial charge in [-0.15, -0.1) is 0 Å². The molecule has 1 aliphatic carbocycles. The standard InChI is InChI=1S/C10H21N3O2/c1-8(6-9(11)13-15)12-7-10(2-3-10)4-5-14/h8,12,14-15H,2-7H2,1H3,(H2,11,13). The van der Waals surface area contributed by atoms with Gasteiger partial charge in [0.05, 0.1) is 0 Å². The summed E-state index contributed by atoms with van der Waals surface area (Å²) in [5, 5.41) is 23.6. The number of aliphatic hydroxyl groups is 1. The average molecular weight is 215 g/mol. The second-order valence-electron chi connectivity index (χ2n) is 4.55. The SMILES string of the molecule is CC(CC(N)=NO)NCC1(CCO)CC1. The van der Waals surface area contributed by atoms with Crippen LogP contribution in [0, 0.1) is 5.41 Å². The highest BCUT2D eigenvalue weighted by Crippen LogP contribution is 2.47. The first-order valence-corrected chi connectivity index (χ1v) is 5.42. The number of nitrogens with two attached hydrogens (primary N) is 1. The van der Waals surface area contributed by atoms with E-state index in [-0.39, 0.29) is 18.5 Å². The minimum absolute atomic E-state index is 0.206. The Morgan fingerprint density at radius 2 is 2.27 bits per heavy atom. The van der Waals surface area contributed by atoms with Crippen molar-refractivity contribution in [2.45, 2.75) is 38.6 Å². The lowest BCUT2D eigenvalue weighted by Gasteiger charge is -2.18. The Labute approximate surface area is 90.3 Å². The van der Waals surface area contributed by atoms with Crippen LogP contribution in [0.15, 0.2) is 5.16 Å². The van der Waals surface area contributed by atoms with E-state index < -0.39 is 0 Å². The van der Waals surface area contributed by atoms with Crippen LogP contribution in [0.3, 0.4) is 0 Å². The van der Waals surface area contributed by atoms with Crippen LogP contribution in [0.2, 0.25) is 0 Å². The van der Waals surface area contributed by atoms with Gasteiger partial charge in [0, 0.05) is 25.6 Å². The first-order valence-electron chi connectivity index (χ1n) is 5.42. The fourth-order valence-electron chi connectivity index (χ4n) is 1.75. The summed E-state index contributed by atoms with van der Waals surface area (Å²) in [6, 6.07) is 0.206. The molecule has 0 aromatic carbocycles. The van der Waals surface area contributed by atoms with E-state index in [1.807, 2.05) is 6.92 Å². The fraction of sp³-hybridized carbons (Fsp3) is 0.900. The largest absolute Gasteiger partial charge is 0.409 e. The van der Waals surface area contributed by atoms with Crippen molar-refractivity contribution in [3.05, 3.63) is 0 Å². The topological polar surface area (TPSA) is 90.9 Å². The molecule has 0 saturated heterocycles. The Morgan fingerprint density at radius 3 is 2.73 bits per heavy atom. The summed E-state index contributed by atoms with van der Waals surface area (Å²) in [5.74, 6) is 0.252. The van der Waals surface area contributed by atoms with E-state index in [2.05, 4.69) is 10.5 Å². The smallest absolute Gasteiger partial charge is 0.140 e. The molecule has 1 atom stereocenters.